The molecule has 0 aliphatic carbocycles. The molecular formula is C25H26N2O3. The first kappa shape index (κ1) is 21.1. The van der Waals surface area contributed by atoms with Crippen LogP contribution in [0, 0.1) is 6.92 Å². The van der Waals surface area contributed by atoms with Crippen molar-refractivity contribution in [3.05, 3.63) is 95.6 Å². The molecule has 0 spiro atoms. The van der Waals surface area contributed by atoms with Crippen LogP contribution in [0.3, 0.4) is 0 Å². The Balaban J connectivity index is 1.69. The van der Waals surface area contributed by atoms with Crippen molar-refractivity contribution in [3.8, 4) is 5.75 Å². The van der Waals surface area contributed by atoms with Gasteiger partial charge in [0.2, 0.25) is 0 Å². The Morgan fingerprint density at radius 1 is 0.833 bits per heavy atom. The molecule has 0 aromatic heterocycles. The summed E-state index contributed by atoms with van der Waals surface area (Å²) in [7, 11) is 0. The number of aryl methyl sites for hydroxylation is 1. The fraction of sp³-hybridized carbons (Fsp3) is 0.200. The van der Waals surface area contributed by atoms with E-state index in [-0.39, 0.29) is 17.9 Å². The van der Waals surface area contributed by atoms with Crippen LogP contribution in [0.15, 0.2) is 78.9 Å². The minimum absolute atomic E-state index is 0.161. The first-order valence-corrected chi connectivity index (χ1v) is 9.93. The van der Waals surface area contributed by atoms with Gasteiger partial charge in [-0.3, -0.25) is 9.59 Å². The number of carbonyl (C=O) groups excluding carboxylic acids is 2. The van der Waals surface area contributed by atoms with Crippen molar-refractivity contribution < 1.29 is 14.3 Å². The number of carbonyl (C=O) groups is 2. The normalized spacial score (nSPS) is 12.5. The van der Waals surface area contributed by atoms with Gasteiger partial charge in [0, 0.05) is 0 Å². The zero-order valence-electron chi connectivity index (χ0n) is 17.4. The van der Waals surface area contributed by atoms with E-state index in [2.05, 4.69) is 10.6 Å². The van der Waals surface area contributed by atoms with E-state index in [1.165, 1.54) is 0 Å². The fourth-order valence-electron chi connectivity index (χ4n) is 3.06. The third-order valence-corrected chi connectivity index (χ3v) is 4.84. The largest absolute Gasteiger partial charge is 0.481 e. The third-order valence-electron chi connectivity index (χ3n) is 4.84. The second kappa shape index (κ2) is 9.74. The third kappa shape index (κ3) is 5.26. The molecule has 2 unspecified atom stereocenters. The first-order valence-electron chi connectivity index (χ1n) is 9.93. The highest BCUT2D eigenvalue weighted by molar-refractivity contribution is 6.04. The number of hydrogen-bond acceptors (Lipinski definition) is 3. The lowest BCUT2D eigenvalue weighted by atomic mass is 10.1. The van der Waals surface area contributed by atoms with Crippen molar-refractivity contribution in [1.29, 1.82) is 0 Å². The Bertz CT molecular complexity index is 1020. The summed E-state index contributed by atoms with van der Waals surface area (Å²) in [6.07, 6.45) is -0.717. The van der Waals surface area contributed by atoms with Gasteiger partial charge in [-0.05, 0) is 50.1 Å². The van der Waals surface area contributed by atoms with Gasteiger partial charge in [0.05, 0.1) is 17.3 Å². The number of anilines is 1. The summed E-state index contributed by atoms with van der Waals surface area (Å²) in [4.78, 5) is 25.5. The standard InChI is InChI=1S/C25H26N2O3/c1-17-11-7-10-16-23(17)30-19(3)24(28)27-22-15-9-8-14-21(22)25(29)26-18(2)20-12-5-4-6-13-20/h4-16,18-19H,1-3H3,(H,26,29)(H,27,28). The van der Waals surface area contributed by atoms with Crippen LogP contribution in [0.4, 0.5) is 5.69 Å². The summed E-state index contributed by atoms with van der Waals surface area (Å²) >= 11 is 0. The highest BCUT2D eigenvalue weighted by atomic mass is 16.5. The predicted molar refractivity (Wildman–Crippen MR) is 119 cm³/mol. The second-order valence-electron chi connectivity index (χ2n) is 7.17. The molecule has 2 atom stereocenters. The molecule has 5 nitrogen and oxygen atoms in total. The maximum atomic E-state index is 12.8. The summed E-state index contributed by atoms with van der Waals surface area (Å²) in [5.74, 6) is 0.0761. The van der Waals surface area contributed by atoms with E-state index in [1.54, 1.807) is 31.2 Å². The highest BCUT2D eigenvalue weighted by Gasteiger charge is 2.20. The van der Waals surface area contributed by atoms with Gasteiger partial charge in [-0.25, -0.2) is 0 Å². The number of para-hydroxylation sites is 2. The predicted octanol–water partition coefficient (Wildman–Crippen LogP) is 4.89. The Morgan fingerprint density at radius 2 is 1.47 bits per heavy atom. The molecule has 3 rings (SSSR count). The van der Waals surface area contributed by atoms with Crippen LogP contribution in [-0.4, -0.2) is 17.9 Å². The van der Waals surface area contributed by atoms with Gasteiger partial charge in [0.1, 0.15) is 5.75 Å². The van der Waals surface area contributed by atoms with Gasteiger partial charge in [0.15, 0.2) is 6.10 Å². The highest BCUT2D eigenvalue weighted by Crippen LogP contribution is 2.20. The summed E-state index contributed by atoms with van der Waals surface area (Å²) in [6.45, 7) is 5.53. The SMILES string of the molecule is Cc1ccccc1OC(C)C(=O)Nc1ccccc1C(=O)NC(C)c1ccccc1. The molecule has 0 bridgehead atoms. The number of hydrogen-bond donors (Lipinski definition) is 2. The molecule has 0 saturated heterocycles. The molecule has 0 aliphatic heterocycles. The average molecular weight is 402 g/mol. The fourth-order valence-corrected chi connectivity index (χ4v) is 3.06. The summed E-state index contributed by atoms with van der Waals surface area (Å²) in [5.41, 5.74) is 2.80. The molecule has 2 amide bonds. The number of ether oxygens (including phenoxy) is 1. The van der Waals surface area contributed by atoms with Gasteiger partial charge < -0.3 is 15.4 Å². The van der Waals surface area contributed by atoms with Crippen molar-refractivity contribution in [2.45, 2.75) is 32.9 Å². The van der Waals surface area contributed by atoms with Gasteiger partial charge in [-0.1, -0.05) is 60.7 Å². The molecule has 3 aromatic carbocycles. The van der Waals surface area contributed by atoms with Gasteiger partial charge in [0.25, 0.3) is 11.8 Å². The van der Waals surface area contributed by atoms with Crippen LogP contribution in [0.2, 0.25) is 0 Å². The van der Waals surface area contributed by atoms with Crippen LogP contribution in [0.25, 0.3) is 0 Å². The van der Waals surface area contributed by atoms with Crippen molar-refractivity contribution in [2.24, 2.45) is 0 Å². The zero-order chi connectivity index (χ0) is 21.5. The van der Waals surface area contributed by atoms with Crippen molar-refractivity contribution in [3.63, 3.8) is 0 Å². The first-order chi connectivity index (χ1) is 14.5. The Hall–Kier alpha value is -3.60. The Kier molecular flexibility index (Phi) is 6.86. The molecule has 0 radical (unpaired) electrons. The Morgan fingerprint density at radius 3 is 2.20 bits per heavy atom. The van der Waals surface area contributed by atoms with Crippen molar-refractivity contribution in [1.82, 2.24) is 5.32 Å². The van der Waals surface area contributed by atoms with Crippen LogP contribution >= 0.6 is 0 Å². The lowest BCUT2D eigenvalue weighted by Gasteiger charge is -2.19. The van der Waals surface area contributed by atoms with Crippen LogP contribution in [-0.2, 0) is 4.79 Å². The van der Waals surface area contributed by atoms with E-state index < -0.39 is 6.10 Å². The van der Waals surface area contributed by atoms with E-state index in [9.17, 15) is 9.59 Å². The maximum absolute atomic E-state index is 12.8. The van der Waals surface area contributed by atoms with Crippen LogP contribution in [0.1, 0.15) is 41.4 Å². The molecule has 3 aromatic rings. The van der Waals surface area contributed by atoms with Crippen LogP contribution in [0.5, 0.6) is 5.75 Å². The van der Waals surface area contributed by atoms with E-state index in [1.807, 2.05) is 68.4 Å². The molecule has 0 saturated carbocycles. The van der Waals surface area contributed by atoms with Gasteiger partial charge >= 0.3 is 0 Å². The number of benzene rings is 3. The topological polar surface area (TPSA) is 67.4 Å². The molecule has 5 heteroatoms. The van der Waals surface area contributed by atoms with E-state index in [0.29, 0.717) is 17.0 Å². The van der Waals surface area contributed by atoms with Gasteiger partial charge in [-0.2, -0.15) is 0 Å². The molecule has 30 heavy (non-hydrogen) atoms. The zero-order valence-corrected chi connectivity index (χ0v) is 17.4. The molecule has 0 aliphatic rings. The van der Waals surface area contributed by atoms with Crippen molar-refractivity contribution in [2.75, 3.05) is 5.32 Å². The molecular weight excluding hydrogens is 376 g/mol. The quantitative estimate of drug-likeness (QED) is 0.591. The summed E-state index contributed by atoms with van der Waals surface area (Å²) in [6, 6.07) is 24.0. The maximum Gasteiger partial charge on any atom is 0.265 e. The smallest absolute Gasteiger partial charge is 0.265 e. The lowest BCUT2D eigenvalue weighted by Crippen LogP contribution is -2.32. The molecule has 2 N–H and O–H groups in total. The summed E-state index contributed by atoms with van der Waals surface area (Å²) < 4.78 is 5.79. The molecule has 0 fully saturated rings. The molecule has 0 heterocycles. The number of amides is 2. The molecule has 154 valence electrons. The van der Waals surface area contributed by atoms with Gasteiger partial charge in [-0.15, -0.1) is 0 Å². The second-order valence-corrected chi connectivity index (χ2v) is 7.17. The van der Waals surface area contributed by atoms with E-state index in [0.717, 1.165) is 11.1 Å². The Labute approximate surface area is 177 Å². The minimum atomic E-state index is -0.717. The van der Waals surface area contributed by atoms with E-state index in [4.69, 9.17) is 4.74 Å². The van der Waals surface area contributed by atoms with Crippen molar-refractivity contribution >= 4 is 17.5 Å². The lowest BCUT2D eigenvalue weighted by molar-refractivity contribution is -0.122. The minimum Gasteiger partial charge on any atom is -0.481 e. The van der Waals surface area contributed by atoms with Crippen LogP contribution < -0.4 is 15.4 Å². The number of nitrogens with one attached hydrogen (secondary N) is 2. The summed E-state index contributed by atoms with van der Waals surface area (Å²) in [5, 5.41) is 5.80. The monoisotopic (exact) mass is 402 g/mol. The number of rotatable bonds is 7. The average Bonchev–Trinajstić information content (AvgIpc) is 2.76. The van der Waals surface area contributed by atoms with E-state index >= 15 is 0 Å².